The van der Waals surface area contributed by atoms with Crippen LogP contribution in [0.3, 0.4) is 0 Å². The van der Waals surface area contributed by atoms with Crippen LogP contribution in [0.2, 0.25) is 0 Å². The van der Waals surface area contributed by atoms with Crippen LogP contribution in [0.25, 0.3) is 0 Å². The maximum Gasteiger partial charge on any atom is 0.251 e. The van der Waals surface area contributed by atoms with Gasteiger partial charge in [-0.05, 0) is 19.1 Å². The number of benzene rings is 1. The maximum atomic E-state index is 5.41. The van der Waals surface area contributed by atoms with Gasteiger partial charge in [-0.2, -0.15) is 4.37 Å². The van der Waals surface area contributed by atoms with E-state index in [1.165, 1.54) is 5.56 Å². The predicted octanol–water partition coefficient (Wildman–Crippen LogP) is 2.64. The molecule has 2 rings (SSSR count). The quantitative estimate of drug-likeness (QED) is 0.733. The van der Waals surface area contributed by atoms with Crippen LogP contribution in [0.15, 0.2) is 30.5 Å². The number of hydrogen-bond donors (Lipinski definition) is 0. The minimum atomic E-state index is 0.550. The maximum absolute atomic E-state index is 5.41. The van der Waals surface area contributed by atoms with E-state index in [-0.39, 0.29) is 0 Å². The molecule has 0 fully saturated rings. The number of nitrogens with zero attached hydrogens (tertiary/aromatic N) is 2. The van der Waals surface area contributed by atoms with E-state index in [0.29, 0.717) is 5.88 Å². The van der Waals surface area contributed by atoms with Gasteiger partial charge >= 0.3 is 0 Å². The zero-order chi connectivity index (χ0) is 9.10. The third-order valence-electron chi connectivity index (χ3n) is 1.58. The largest absolute Gasteiger partial charge is 0.437 e. The van der Waals surface area contributed by atoms with Gasteiger partial charge in [0.15, 0.2) is 0 Å². The van der Waals surface area contributed by atoms with Gasteiger partial charge in [0.2, 0.25) is 0 Å². The molecule has 13 heavy (non-hydrogen) atoms. The topological polar surface area (TPSA) is 35.0 Å². The molecule has 0 spiro atoms. The van der Waals surface area contributed by atoms with Crippen molar-refractivity contribution in [1.82, 2.24) is 8.75 Å². The molecule has 0 aliphatic heterocycles. The molecule has 0 saturated carbocycles. The van der Waals surface area contributed by atoms with E-state index in [4.69, 9.17) is 4.74 Å². The summed E-state index contributed by atoms with van der Waals surface area (Å²) in [6.07, 6.45) is 1.60. The fourth-order valence-corrected chi connectivity index (χ4v) is 1.28. The first-order chi connectivity index (χ1) is 6.34. The van der Waals surface area contributed by atoms with Crippen LogP contribution >= 0.6 is 11.7 Å². The van der Waals surface area contributed by atoms with Crippen molar-refractivity contribution >= 4 is 11.7 Å². The summed E-state index contributed by atoms with van der Waals surface area (Å²) < 4.78 is 13.2. The van der Waals surface area contributed by atoms with Gasteiger partial charge in [-0.1, -0.05) is 17.7 Å². The van der Waals surface area contributed by atoms with Crippen molar-refractivity contribution in [2.45, 2.75) is 6.92 Å². The summed E-state index contributed by atoms with van der Waals surface area (Å²) in [4.78, 5) is 0. The molecular weight excluding hydrogens is 184 g/mol. The van der Waals surface area contributed by atoms with Crippen molar-refractivity contribution < 1.29 is 4.74 Å². The summed E-state index contributed by atoms with van der Waals surface area (Å²) in [6.45, 7) is 2.04. The molecule has 0 aliphatic carbocycles. The first kappa shape index (κ1) is 8.19. The van der Waals surface area contributed by atoms with E-state index in [9.17, 15) is 0 Å². The Morgan fingerprint density at radius 2 is 2.00 bits per heavy atom. The summed E-state index contributed by atoms with van der Waals surface area (Å²) in [6, 6.07) is 7.81. The van der Waals surface area contributed by atoms with Crippen molar-refractivity contribution in [3.63, 3.8) is 0 Å². The smallest absolute Gasteiger partial charge is 0.251 e. The SMILES string of the molecule is Cc1ccc(Oc2cnsn2)cc1. The molecule has 2 aromatic rings. The molecule has 0 saturated heterocycles. The lowest BCUT2D eigenvalue weighted by molar-refractivity contribution is 0.467. The predicted molar refractivity (Wildman–Crippen MR) is 51.2 cm³/mol. The third kappa shape index (κ3) is 2.03. The lowest BCUT2D eigenvalue weighted by Gasteiger charge is -2.00. The van der Waals surface area contributed by atoms with E-state index in [1.54, 1.807) is 6.20 Å². The van der Waals surface area contributed by atoms with Gasteiger partial charge in [-0.3, -0.25) is 0 Å². The Labute approximate surface area is 80.3 Å². The van der Waals surface area contributed by atoms with E-state index in [0.717, 1.165) is 17.5 Å². The van der Waals surface area contributed by atoms with Crippen LogP contribution in [-0.2, 0) is 0 Å². The van der Waals surface area contributed by atoms with Crippen molar-refractivity contribution in [2.75, 3.05) is 0 Å². The van der Waals surface area contributed by atoms with Gasteiger partial charge < -0.3 is 4.74 Å². The molecule has 0 radical (unpaired) electrons. The van der Waals surface area contributed by atoms with Crippen molar-refractivity contribution in [2.24, 2.45) is 0 Å². The molecule has 1 heterocycles. The Morgan fingerprint density at radius 1 is 1.23 bits per heavy atom. The van der Waals surface area contributed by atoms with Crippen LogP contribution < -0.4 is 4.74 Å². The van der Waals surface area contributed by atoms with Crippen LogP contribution in [0.1, 0.15) is 5.56 Å². The van der Waals surface area contributed by atoms with E-state index in [1.807, 2.05) is 31.2 Å². The second kappa shape index (κ2) is 3.53. The fraction of sp³-hybridized carbons (Fsp3) is 0.111. The molecule has 4 heteroatoms. The van der Waals surface area contributed by atoms with Gasteiger partial charge in [-0.25, -0.2) is 0 Å². The highest BCUT2D eigenvalue weighted by atomic mass is 32.1. The second-order valence-electron chi connectivity index (χ2n) is 2.66. The van der Waals surface area contributed by atoms with Gasteiger partial charge in [-0.15, -0.1) is 4.37 Å². The second-order valence-corrected chi connectivity index (χ2v) is 3.22. The molecule has 66 valence electrons. The Hall–Kier alpha value is -1.42. The van der Waals surface area contributed by atoms with Gasteiger partial charge in [0, 0.05) is 0 Å². The average molecular weight is 192 g/mol. The van der Waals surface area contributed by atoms with Crippen LogP contribution in [-0.4, -0.2) is 8.75 Å². The van der Waals surface area contributed by atoms with Gasteiger partial charge in [0.25, 0.3) is 5.88 Å². The summed E-state index contributed by atoms with van der Waals surface area (Å²) in [5, 5.41) is 0. The monoisotopic (exact) mass is 192 g/mol. The number of hydrogen-bond acceptors (Lipinski definition) is 4. The van der Waals surface area contributed by atoms with Gasteiger partial charge in [0.1, 0.15) is 11.9 Å². The van der Waals surface area contributed by atoms with E-state index < -0.39 is 0 Å². The summed E-state index contributed by atoms with van der Waals surface area (Å²) >= 11 is 1.14. The van der Waals surface area contributed by atoms with E-state index >= 15 is 0 Å². The highest BCUT2D eigenvalue weighted by molar-refractivity contribution is 6.99. The lowest BCUT2D eigenvalue weighted by Crippen LogP contribution is -1.82. The van der Waals surface area contributed by atoms with Gasteiger partial charge in [0.05, 0.1) is 11.7 Å². The molecule has 0 atom stereocenters. The third-order valence-corrected chi connectivity index (χ3v) is 2.05. The number of rotatable bonds is 2. The molecule has 0 bridgehead atoms. The number of aryl methyl sites for hydroxylation is 1. The number of aromatic nitrogens is 2. The Bertz CT molecular complexity index is 369. The van der Waals surface area contributed by atoms with Crippen molar-refractivity contribution in [3.05, 3.63) is 36.0 Å². The van der Waals surface area contributed by atoms with Crippen LogP contribution in [0, 0.1) is 6.92 Å². The van der Waals surface area contributed by atoms with Crippen molar-refractivity contribution in [1.29, 1.82) is 0 Å². The number of ether oxygens (including phenoxy) is 1. The average Bonchev–Trinajstić information content (AvgIpc) is 2.62. The molecule has 0 amide bonds. The van der Waals surface area contributed by atoms with Crippen LogP contribution in [0.5, 0.6) is 11.6 Å². The molecule has 0 aliphatic rings. The first-order valence-corrected chi connectivity index (χ1v) is 4.60. The standard InChI is InChI=1S/C9H8N2OS/c1-7-2-4-8(5-3-7)12-9-6-10-13-11-9/h2-6H,1H3. The van der Waals surface area contributed by atoms with Crippen molar-refractivity contribution in [3.8, 4) is 11.6 Å². The Morgan fingerprint density at radius 3 is 2.62 bits per heavy atom. The summed E-state index contributed by atoms with van der Waals surface area (Å²) in [7, 11) is 0. The zero-order valence-corrected chi connectivity index (χ0v) is 7.91. The minimum Gasteiger partial charge on any atom is -0.437 e. The molecule has 1 aromatic heterocycles. The molecular formula is C9H8N2OS. The summed E-state index contributed by atoms with van der Waals surface area (Å²) in [5.74, 6) is 1.34. The lowest BCUT2D eigenvalue weighted by atomic mass is 10.2. The first-order valence-electron chi connectivity index (χ1n) is 3.87. The highest BCUT2D eigenvalue weighted by Crippen LogP contribution is 2.19. The minimum absolute atomic E-state index is 0.550. The molecule has 0 unspecified atom stereocenters. The highest BCUT2D eigenvalue weighted by Gasteiger charge is 1.98. The molecule has 0 N–H and O–H groups in total. The Kier molecular flexibility index (Phi) is 2.23. The van der Waals surface area contributed by atoms with Crippen LogP contribution in [0.4, 0.5) is 0 Å². The summed E-state index contributed by atoms with van der Waals surface area (Å²) in [5.41, 5.74) is 1.21. The normalized spacial score (nSPS) is 9.92. The fourth-order valence-electron chi connectivity index (χ4n) is 0.928. The molecule has 3 nitrogen and oxygen atoms in total. The zero-order valence-electron chi connectivity index (χ0n) is 7.10. The Balaban J connectivity index is 2.15. The molecule has 1 aromatic carbocycles. The van der Waals surface area contributed by atoms with E-state index in [2.05, 4.69) is 8.75 Å².